The zero-order chi connectivity index (χ0) is 11.0. The number of hydrogen-bond donors (Lipinski definition) is 3. The summed E-state index contributed by atoms with van der Waals surface area (Å²) in [4.78, 5) is 0. The number of aliphatic hydroxyl groups excluding tert-OH is 1. The van der Waals surface area contributed by atoms with Crippen LogP contribution in [0, 0.1) is 0 Å². The van der Waals surface area contributed by atoms with E-state index in [1.165, 1.54) is 6.07 Å². The lowest BCUT2D eigenvalue weighted by Gasteiger charge is -2.13. The number of phenolic OH excluding ortho intramolecular Hbond substituents is 1. The summed E-state index contributed by atoms with van der Waals surface area (Å²) in [5.41, 5.74) is 5.93. The van der Waals surface area contributed by atoms with Crippen molar-refractivity contribution in [1.82, 2.24) is 0 Å². The highest BCUT2D eigenvalue weighted by Gasteiger charge is 2.25. The van der Waals surface area contributed by atoms with Gasteiger partial charge in [-0.1, -0.05) is 11.6 Å². The van der Waals surface area contributed by atoms with Crippen molar-refractivity contribution in [3.05, 3.63) is 16.7 Å². The minimum atomic E-state index is -0.697. The zero-order valence-corrected chi connectivity index (χ0v) is 8.49. The Morgan fingerprint density at radius 3 is 2.93 bits per heavy atom. The first kappa shape index (κ1) is 10.4. The number of fused-ring (bicyclic) bond motifs is 1. The molecular weight excluding hydrogens is 222 g/mol. The number of aliphatic hydroxyl groups is 1. The molecule has 15 heavy (non-hydrogen) atoms. The summed E-state index contributed by atoms with van der Waals surface area (Å²) >= 11 is 5.85. The molecule has 0 aromatic heterocycles. The van der Waals surface area contributed by atoms with E-state index in [2.05, 4.69) is 0 Å². The molecule has 0 radical (unpaired) electrons. The molecule has 82 valence electrons. The van der Waals surface area contributed by atoms with Gasteiger partial charge in [-0.15, -0.1) is 0 Å². The second-order valence-electron chi connectivity index (χ2n) is 3.15. The second kappa shape index (κ2) is 3.77. The Labute approximate surface area is 91.0 Å². The van der Waals surface area contributed by atoms with Crippen LogP contribution in [0.5, 0.6) is 17.2 Å². The van der Waals surface area contributed by atoms with E-state index < -0.39 is 6.04 Å². The molecule has 2 rings (SSSR count). The first-order chi connectivity index (χ1) is 7.15. The van der Waals surface area contributed by atoms with E-state index in [1.807, 2.05) is 0 Å². The summed E-state index contributed by atoms with van der Waals surface area (Å²) in [6.07, 6.45) is 0. The van der Waals surface area contributed by atoms with Crippen LogP contribution in [0.1, 0.15) is 11.6 Å². The van der Waals surface area contributed by atoms with Crippen LogP contribution >= 0.6 is 11.6 Å². The van der Waals surface area contributed by atoms with Gasteiger partial charge in [-0.05, 0) is 6.07 Å². The standard InChI is InChI=1S/C9H10ClNO4/c10-7-8(13)4(5(11)2-12)1-6-9(7)15-3-14-6/h1,5,12-13H,2-3,11H2. The highest BCUT2D eigenvalue weighted by molar-refractivity contribution is 6.34. The van der Waals surface area contributed by atoms with E-state index in [4.69, 9.17) is 31.9 Å². The van der Waals surface area contributed by atoms with Gasteiger partial charge < -0.3 is 25.4 Å². The third-order valence-corrected chi connectivity index (χ3v) is 2.56. The molecule has 0 fully saturated rings. The third kappa shape index (κ3) is 1.58. The molecule has 0 saturated carbocycles. The predicted octanol–water partition coefficient (Wildman–Crippen LogP) is 0.766. The van der Waals surface area contributed by atoms with E-state index in [1.54, 1.807) is 0 Å². The predicted molar refractivity (Wildman–Crippen MR) is 53.3 cm³/mol. The first-order valence-electron chi connectivity index (χ1n) is 4.32. The minimum absolute atomic E-state index is 0.0592. The highest BCUT2D eigenvalue weighted by atomic mass is 35.5. The average molecular weight is 232 g/mol. The molecule has 5 nitrogen and oxygen atoms in total. The van der Waals surface area contributed by atoms with Crippen LogP contribution in [-0.2, 0) is 0 Å². The van der Waals surface area contributed by atoms with Gasteiger partial charge in [0.15, 0.2) is 11.5 Å². The van der Waals surface area contributed by atoms with Gasteiger partial charge in [0, 0.05) is 5.56 Å². The Balaban J connectivity index is 2.54. The normalized spacial score (nSPS) is 15.4. The van der Waals surface area contributed by atoms with Crippen molar-refractivity contribution in [3.8, 4) is 17.2 Å². The Kier molecular flexibility index (Phi) is 2.60. The molecule has 1 aromatic carbocycles. The molecule has 0 amide bonds. The largest absolute Gasteiger partial charge is 0.506 e. The van der Waals surface area contributed by atoms with Gasteiger partial charge in [0.05, 0.1) is 12.6 Å². The minimum Gasteiger partial charge on any atom is -0.506 e. The fourth-order valence-corrected chi connectivity index (χ4v) is 1.65. The molecule has 1 aromatic rings. The van der Waals surface area contributed by atoms with Gasteiger partial charge in [0.25, 0.3) is 0 Å². The van der Waals surface area contributed by atoms with Crippen molar-refractivity contribution in [2.24, 2.45) is 5.73 Å². The maximum absolute atomic E-state index is 9.70. The lowest BCUT2D eigenvalue weighted by molar-refractivity contribution is 0.174. The topological polar surface area (TPSA) is 84.9 Å². The van der Waals surface area contributed by atoms with Gasteiger partial charge in [-0.3, -0.25) is 0 Å². The van der Waals surface area contributed by atoms with E-state index in [9.17, 15) is 5.11 Å². The van der Waals surface area contributed by atoms with Crippen LogP contribution in [0.3, 0.4) is 0 Å². The molecule has 1 aliphatic rings. The van der Waals surface area contributed by atoms with E-state index in [0.717, 1.165) is 0 Å². The van der Waals surface area contributed by atoms with Crippen LogP contribution in [-0.4, -0.2) is 23.6 Å². The van der Waals surface area contributed by atoms with E-state index in [-0.39, 0.29) is 24.2 Å². The maximum atomic E-state index is 9.70. The van der Waals surface area contributed by atoms with Crippen LogP contribution in [0.25, 0.3) is 0 Å². The smallest absolute Gasteiger partial charge is 0.231 e. The van der Waals surface area contributed by atoms with Gasteiger partial charge in [0.2, 0.25) is 6.79 Å². The summed E-state index contributed by atoms with van der Waals surface area (Å²) < 4.78 is 10.2. The summed E-state index contributed by atoms with van der Waals surface area (Å²) in [5, 5.41) is 18.7. The Morgan fingerprint density at radius 2 is 2.27 bits per heavy atom. The molecule has 1 atom stereocenters. The second-order valence-corrected chi connectivity index (χ2v) is 3.53. The molecular formula is C9H10ClNO4. The van der Waals surface area contributed by atoms with Crippen molar-refractivity contribution in [1.29, 1.82) is 0 Å². The molecule has 0 spiro atoms. The fourth-order valence-electron chi connectivity index (χ4n) is 1.39. The van der Waals surface area contributed by atoms with Crippen molar-refractivity contribution in [2.75, 3.05) is 13.4 Å². The summed E-state index contributed by atoms with van der Waals surface area (Å²) in [6, 6.07) is 0.821. The van der Waals surface area contributed by atoms with Crippen molar-refractivity contribution >= 4 is 11.6 Å². The van der Waals surface area contributed by atoms with Crippen LogP contribution in [0.2, 0.25) is 5.02 Å². The van der Waals surface area contributed by atoms with E-state index in [0.29, 0.717) is 17.1 Å². The van der Waals surface area contributed by atoms with Crippen LogP contribution in [0.4, 0.5) is 0 Å². The molecule has 1 unspecified atom stereocenters. The van der Waals surface area contributed by atoms with Crippen LogP contribution < -0.4 is 15.2 Å². The summed E-state index contributed by atoms with van der Waals surface area (Å²) in [5.74, 6) is 0.558. The zero-order valence-electron chi connectivity index (χ0n) is 7.74. The van der Waals surface area contributed by atoms with Gasteiger partial charge in [-0.2, -0.15) is 0 Å². The lowest BCUT2D eigenvalue weighted by atomic mass is 10.1. The van der Waals surface area contributed by atoms with Crippen molar-refractivity contribution in [2.45, 2.75) is 6.04 Å². The fraction of sp³-hybridized carbons (Fsp3) is 0.333. The molecule has 6 heteroatoms. The number of aromatic hydroxyl groups is 1. The van der Waals surface area contributed by atoms with Gasteiger partial charge in [-0.25, -0.2) is 0 Å². The highest BCUT2D eigenvalue weighted by Crippen LogP contribution is 2.47. The number of hydrogen-bond acceptors (Lipinski definition) is 5. The monoisotopic (exact) mass is 231 g/mol. The lowest BCUT2D eigenvalue weighted by Crippen LogP contribution is -2.14. The summed E-state index contributed by atoms with van der Waals surface area (Å²) in [6.45, 7) is -0.226. The van der Waals surface area contributed by atoms with Gasteiger partial charge >= 0.3 is 0 Å². The number of nitrogens with two attached hydrogens (primary N) is 1. The number of benzene rings is 1. The molecule has 0 aliphatic carbocycles. The number of ether oxygens (including phenoxy) is 2. The molecule has 0 bridgehead atoms. The van der Waals surface area contributed by atoms with Gasteiger partial charge in [0.1, 0.15) is 10.8 Å². The summed E-state index contributed by atoms with van der Waals surface area (Å²) in [7, 11) is 0. The number of rotatable bonds is 2. The quantitative estimate of drug-likeness (QED) is 0.700. The SMILES string of the molecule is NC(CO)c1cc2c(c(Cl)c1O)OCO2. The molecule has 1 aliphatic heterocycles. The Hall–Kier alpha value is -1.17. The number of phenols is 1. The first-order valence-corrected chi connectivity index (χ1v) is 4.70. The Morgan fingerprint density at radius 1 is 1.53 bits per heavy atom. The van der Waals surface area contributed by atoms with Crippen molar-refractivity contribution in [3.63, 3.8) is 0 Å². The van der Waals surface area contributed by atoms with Crippen LogP contribution in [0.15, 0.2) is 6.07 Å². The molecule has 4 N–H and O–H groups in total. The number of halogens is 1. The molecule has 0 saturated heterocycles. The Bertz CT molecular complexity index is 396. The molecule has 1 heterocycles. The maximum Gasteiger partial charge on any atom is 0.231 e. The van der Waals surface area contributed by atoms with Crippen molar-refractivity contribution < 1.29 is 19.7 Å². The van der Waals surface area contributed by atoms with E-state index >= 15 is 0 Å². The average Bonchev–Trinajstić information content (AvgIpc) is 2.70. The third-order valence-electron chi connectivity index (χ3n) is 2.20.